The summed E-state index contributed by atoms with van der Waals surface area (Å²) in [6, 6.07) is 6.22. The van der Waals surface area contributed by atoms with Gasteiger partial charge in [-0.15, -0.1) is 0 Å². The summed E-state index contributed by atoms with van der Waals surface area (Å²) in [5.41, 5.74) is 3.53. The topological polar surface area (TPSA) is 18.5 Å². The van der Waals surface area contributed by atoms with Crippen molar-refractivity contribution in [3.63, 3.8) is 0 Å². The highest BCUT2D eigenvalue weighted by Gasteiger charge is 2.53. The average molecular weight is 343 g/mol. The lowest BCUT2D eigenvalue weighted by molar-refractivity contribution is -0.0412. The van der Waals surface area contributed by atoms with Gasteiger partial charge in [0.1, 0.15) is 11.5 Å². The van der Waals surface area contributed by atoms with E-state index < -0.39 is 0 Å². The zero-order valence-corrected chi connectivity index (χ0v) is 16.8. The van der Waals surface area contributed by atoms with Crippen LogP contribution in [0.4, 0.5) is 0 Å². The molecule has 0 aliphatic heterocycles. The molecule has 0 amide bonds. The van der Waals surface area contributed by atoms with Crippen molar-refractivity contribution in [2.45, 2.75) is 59.8 Å². The molecule has 2 nitrogen and oxygen atoms in total. The summed E-state index contributed by atoms with van der Waals surface area (Å²) in [6.45, 7) is 9.85. The monoisotopic (exact) mass is 342 g/mol. The highest BCUT2D eigenvalue weighted by Crippen LogP contribution is 2.61. The summed E-state index contributed by atoms with van der Waals surface area (Å²) >= 11 is 0. The first-order chi connectivity index (χ1) is 11.8. The minimum absolute atomic E-state index is 0.280. The van der Waals surface area contributed by atoms with Crippen LogP contribution in [0.15, 0.2) is 29.8 Å². The SMILES string of the molecule is COc1ccc(OC)c(C[C@@]2(C)[C@H](C)CC[C@]3(C)C(C)=CCC[C@H]23)c1. The van der Waals surface area contributed by atoms with Gasteiger partial charge >= 0.3 is 0 Å². The van der Waals surface area contributed by atoms with Gasteiger partial charge in [-0.25, -0.2) is 0 Å². The maximum Gasteiger partial charge on any atom is 0.122 e. The van der Waals surface area contributed by atoms with E-state index in [1.165, 1.54) is 31.2 Å². The van der Waals surface area contributed by atoms with Crippen LogP contribution in [0.2, 0.25) is 0 Å². The van der Waals surface area contributed by atoms with Crippen LogP contribution in [0.25, 0.3) is 0 Å². The number of methoxy groups -OCH3 is 2. The first kappa shape index (κ1) is 18.4. The van der Waals surface area contributed by atoms with Crippen LogP contribution >= 0.6 is 0 Å². The summed E-state index contributed by atoms with van der Waals surface area (Å²) in [5, 5.41) is 0. The number of allylic oxidation sites excluding steroid dienone is 2. The molecule has 2 heteroatoms. The van der Waals surface area contributed by atoms with E-state index in [0.29, 0.717) is 11.3 Å². The summed E-state index contributed by atoms with van der Waals surface area (Å²) < 4.78 is 11.2. The van der Waals surface area contributed by atoms with E-state index in [2.05, 4.69) is 45.9 Å². The molecule has 1 aromatic rings. The van der Waals surface area contributed by atoms with E-state index >= 15 is 0 Å². The first-order valence-corrected chi connectivity index (χ1v) is 9.73. The Morgan fingerprint density at radius 2 is 1.88 bits per heavy atom. The number of hydrogen-bond donors (Lipinski definition) is 0. The molecule has 3 rings (SSSR count). The van der Waals surface area contributed by atoms with Crippen molar-refractivity contribution in [1.82, 2.24) is 0 Å². The number of fused-ring (bicyclic) bond motifs is 1. The zero-order chi connectivity index (χ0) is 18.2. The fourth-order valence-electron chi connectivity index (χ4n) is 5.64. The molecule has 0 saturated heterocycles. The lowest BCUT2D eigenvalue weighted by atomic mass is 9.47. The van der Waals surface area contributed by atoms with Crippen LogP contribution in [0.1, 0.15) is 58.9 Å². The van der Waals surface area contributed by atoms with Gasteiger partial charge in [0.25, 0.3) is 0 Å². The fourth-order valence-corrected chi connectivity index (χ4v) is 5.64. The van der Waals surface area contributed by atoms with E-state index in [9.17, 15) is 0 Å². The van der Waals surface area contributed by atoms with Gasteiger partial charge in [0.2, 0.25) is 0 Å². The van der Waals surface area contributed by atoms with E-state index in [-0.39, 0.29) is 5.41 Å². The van der Waals surface area contributed by atoms with Crippen molar-refractivity contribution >= 4 is 0 Å². The smallest absolute Gasteiger partial charge is 0.122 e. The quantitative estimate of drug-likeness (QED) is 0.621. The summed E-state index contributed by atoms with van der Waals surface area (Å²) in [5.74, 6) is 3.35. The number of rotatable bonds is 4. The highest BCUT2D eigenvalue weighted by atomic mass is 16.5. The fraction of sp³-hybridized carbons (Fsp3) is 0.652. The van der Waals surface area contributed by atoms with Gasteiger partial charge in [-0.1, -0.05) is 32.4 Å². The highest BCUT2D eigenvalue weighted by molar-refractivity contribution is 5.41. The molecular weight excluding hydrogens is 308 g/mol. The molecule has 0 N–H and O–H groups in total. The van der Waals surface area contributed by atoms with Gasteiger partial charge in [0.15, 0.2) is 0 Å². The third-order valence-corrected chi connectivity index (χ3v) is 7.65. The maximum atomic E-state index is 5.68. The van der Waals surface area contributed by atoms with Gasteiger partial charge in [0.05, 0.1) is 14.2 Å². The third kappa shape index (κ3) is 2.98. The van der Waals surface area contributed by atoms with Gasteiger partial charge in [0, 0.05) is 0 Å². The number of ether oxygens (including phenoxy) is 2. The van der Waals surface area contributed by atoms with Gasteiger partial charge < -0.3 is 9.47 Å². The molecule has 0 radical (unpaired) electrons. The zero-order valence-electron chi connectivity index (χ0n) is 16.8. The Bertz CT molecular complexity index is 662. The summed E-state index contributed by atoms with van der Waals surface area (Å²) in [4.78, 5) is 0. The predicted octanol–water partition coefficient (Wildman–Crippen LogP) is 6.05. The van der Waals surface area contributed by atoms with Crippen molar-refractivity contribution < 1.29 is 9.47 Å². The predicted molar refractivity (Wildman–Crippen MR) is 104 cm³/mol. The van der Waals surface area contributed by atoms with Crippen LogP contribution in [0, 0.1) is 22.7 Å². The van der Waals surface area contributed by atoms with E-state index in [1.54, 1.807) is 19.8 Å². The second-order valence-corrected chi connectivity index (χ2v) is 8.73. The van der Waals surface area contributed by atoms with Crippen molar-refractivity contribution in [2.75, 3.05) is 14.2 Å². The Morgan fingerprint density at radius 3 is 2.56 bits per heavy atom. The van der Waals surface area contributed by atoms with Crippen molar-refractivity contribution in [3.8, 4) is 11.5 Å². The lowest BCUT2D eigenvalue weighted by Gasteiger charge is -2.58. The second-order valence-electron chi connectivity index (χ2n) is 8.73. The van der Waals surface area contributed by atoms with Crippen molar-refractivity contribution in [3.05, 3.63) is 35.4 Å². The van der Waals surface area contributed by atoms with Gasteiger partial charge in [-0.05, 0) is 85.5 Å². The third-order valence-electron chi connectivity index (χ3n) is 7.65. The normalized spacial score (nSPS) is 34.9. The molecule has 25 heavy (non-hydrogen) atoms. The van der Waals surface area contributed by atoms with E-state index in [0.717, 1.165) is 23.8 Å². The minimum Gasteiger partial charge on any atom is -0.497 e. The molecule has 0 aromatic heterocycles. The Labute approximate surface area is 153 Å². The Kier molecular flexibility index (Phi) is 4.92. The van der Waals surface area contributed by atoms with Gasteiger partial charge in [-0.3, -0.25) is 0 Å². The van der Waals surface area contributed by atoms with Crippen LogP contribution in [0.5, 0.6) is 11.5 Å². The summed E-state index contributed by atoms with van der Waals surface area (Å²) in [7, 11) is 3.51. The Balaban J connectivity index is 2.01. The molecule has 0 spiro atoms. The molecule has 138 valence electrons. The van der Waals surface area contributed by atoms with E-state index in [4.69, 9.17) is 9.47 Å². The number of benzene rings is 1. The molecule has 4 atom stereocenters. The largest absolute Gasteiger partial charge is 0.497 e. The standard InChI is InChI=1S/C23H34O2/c1-16-8-7-9-21-22(16,3)13-12-17(2)23(21,4)15-18-14-19(24-5)10-11-20(18)25-6/h8,10-11,14,17,21H,7,9,12-13,15H2,1-6H3/t17-,21+,22-,23+/m1/s1. The van der Waals surface area contributed by atoms with E-state index in [1.807, 2.05) is 6.07 Å². The van der Waals surface area contributed by atoms with Crippen molar-refractivity contribution in [1.29, 1.82) is 0 Å². The van der Waals surface area contributed by atoms with Gasteiger partial charge in [-0.2, -0.15) is 0 Å². The Hall–Kier alpha value is -1.44. The molecule has 0 bridgehead atoms. The first-order valence-electron chi connectivity index (χ1n) is 9.73. The molecule has 2 aliphatic rings. The average Bonchev–Trinajstić information content (AvgIpc) is 2.60. The molecule has 1 fully saturated rings. The molecule has 2 aliphatic carbocycles. The molecule has 1 saturated carbocycles. The summed E-state index contributed by atoms with van der Waals surface area (Å²) in [6.07, 6.45) is 8.71. The molecule has 0 unspecified atom stereocenters. The number of hydrogen-bond acceptors (Lipinski definition) is 2. The van der Waals surface area contributed by atoms with Crippen LogP contribution < -0.4 is 9.47 Å². The maximum absolute atomic E-state index is 5.68. The molecular formula is C23H34O2. The molecule has 0 heterocycles. The minimum atomic E-state index is 0.280. The Morgan fingerprint density at radius 1 is 1.12 bits per heavy atom. The van der Waals surface area contributed by atoms with Crippen LogP contribution in [0.3, 0.4) is 0 Å². The lowest BCUT2D eigenvalue weighted by Crippen LogP contribution is -2.50. The van der Waals surface area contributed by atoms with Crippen LogP contribution in [-0.2, 0) is 6.42 Å². The van der Waals surface area contributed by atoms with Crippen molar-refractivity contribution in [2.24, 2.45) is 22.7 Å². The second kappa shape index (κ2) is 6.70. The van der Waals surface area contributed by atoms with Crippen LogP contribution in [-0.4, -0.2) is 14.2 Å². The molecule has 1 aromatic carbocycles.